The first-order valence-electron chi connectivity index (χ1n) is 7.52. The van der Waals surface area contributed by atoms with Gasteiger partial charge in [0, 0.05) is 29.1 Å². The van der Waals surface area contributed by atoms with Crippen LogP contribution in [0, 0.1) is 10.1 Å². The van der Waals surface area contributed by atoms with Crippen molar-refractivity contribution >= 4 is 28.1 Å². The van der Waals surface area contributed by atoms with Crippen LogP contribution in [-0.4, -0.2) is 26.7 Å². The van der Waals surface area contributed by atoms with E-state index in [0.29, 0.717) is 22.5 Å². The second-order valence-electron chi connectivity index (χ2n) is 5.72. The molecule has 1 aromatic heterocycles. The first-order chi connectivity index (χ1) is 12.0. The molecule has 0 saturated heterocycles. The predicted molar refractivity (Wildman–Crippen MR) is 95.6 cm³/mol. The fourth-order valence-corrected chi connectivity index (χ4v) is 2.77. The molecule has 0 atom stereocenters. The van der Waals surface area contributed by atoms with E-state index in [9.17, 15) is 14.9 Å². The van der Waals surface area contributed by atoms with Gasteiger partial charge in [-0.25, -0.2) is 4.68 Å². The van der Waals surface area contributed by atoms with E-state index in [4.69, 9.17) is 11.6 Å². The van der Waals surface area contributed by atoms with Gasteiger partial charge < -0.3 is 0 Å². The summed E-state index contributed by atoms with van der Waals surface area (Å²) < 4.78 is 1.35. The summed E-state index contributed by atoms with van der Waals surface area (Å²) in [6.07, 6.45) is 1.64. The Hall–Kier alpha value is -2.77. The van der Waals surface area contributed by atoms with Crippen molar-refractivity contribution in [3.63, 3.8) is 0 Å². The van der Waals surface area contributed by atoms with Gasteiger partial charge in [0.1, 0.15) is 0 Å². The lowest BCUT2D eigenvalue weighted by Gasteiger charge is -2.18. The highest BCUT2D eigenvalue weighted by atomic mass is 35.5. The van der Waals surface area contributed by atoms with Gasteiger partial charge in [0.25, 0.3) is 11.2 Å². The molecule has 7 nitrogen and oxygen atoms in total. The Morgan fingerprint density at radius 1 is 1.28 bits per heavy atom. The normalized spacial score (nSPS) is 11.2. The fraction of sp³-hybridized carbons (Fsp3) is 0.176. The molecule has 25 heavy (non-hydrogen) atoms. The van der Waals surface area contributed by atoms with E-state index in [-0.39, 0.29) is 17.9 Å². The average molecular weight is 359 g/mol. The molecule has 0 radical (unpaired) electrons. The Kier molecular flexibility index (Phi) is 4.78. The lowest BCUT2D eigenvalue weighted by Crippen LogP contribution is -2.31. The van der Waals surface area contributed by atoms with Crippen molar-refractivity contribution in [1.29, 1.82) is 0 Å². The molecule has 0 N–H and O–H groups in total. The van der Waals surface area contributed by atoms with Crippen LogP contribution in [0.1, 0.15) is 5.56 Å². The van der Waals surface area contributed by atoms with E-state index in [2.05, 4.69) is 5.10 Å². The quantitative estimate of drug-likeness (QED) is 0.517. The minimum absolute atomic E-state index is 0.0196. The minimum Gasteiger partial charge on any atom is -0.283 e. The minimum atomic E-state index is -0.463. The molecule has 2 aromatic carbocycles. The Morgan fingerprint density at radius 2 is 2.04 bits per heavy atom. The molecule has 0 aliphatic heterocycles. The van der Waals surface area contributed by atoms with E-state index in [0.717, 1.165) is 5.39 Å². The Bertz CT molecular complexity index is 1000. The number of halogens is 1. The van der Waals surface area contributed by atoms with Crippen molar-refractivity contribution in [3.05, 3.63) is 79.7 Å². The van der Waals surface area contributed by atoms with Gasteiger partial charge in [0.15, 0.2) is 0 Å². The van der Waals surface area contributed by atoms with Gasteiger partial charge in [-0.3, -0.25) is 19.8 Å². The maximum atomic E-state index is 12.5. The van der Waals surface area contributed by atoms with Gasteiger partial charge >= 0.3 is 0 Å². The lowest BCUT2D eigenvalue weighted by molar-refractivity contribution is -0.384. The summed E-state index contributed by atoms with van der Waals surface area (Å²) in [6, 6.07) is 11.6. The molecule has 3 aromatic rings. The Labute approximate surface area is 148 Å². The van der Waals surface area contributed by atoms with Crippen LogP contribution in [0.3, 0.4) is 0 Å². The molecule has 8 heteroatoms. The van der Waals surface area contributed by atoms with Crippen molar-refractivity contribution in [1.82, 2.24) is 14.7 Å². The smallest absolute Gasteiger partial charge is 0.275 e. The molecule has 0 bridgehead atoms. The van der Waals surface area contributed by atoms with Gasteiger partial charge in [-0.15, -0.1) is 0 Å². The van der Waals surface area contributed by atoms with Gasteiger partial charge in [-0.05, 0) is 24.7 Å². The van der Waals surface area contributed by atoms with Gasteiger partial charge in [0.05, 0.1) is 23.2 Å². The number of nitro benzene ring substituents is 1. The van der Waals surface area contributed by atoms with Crippen LogP contribution in [-0.2, 0) is 13.2 Å². The number of rotatable bonds is 5. The van der Waals surface area contributed by atoms with Crippen molar-refractivity contribution in [2.24, 2.45) is 0 Å². The van der Waals surface area contributed by atoms with Gasteiger partial charge in [-0.1, -0.05) is 29.8 Å². The molecule has 3 rings (SSSR count). The largest absolute Gasteiger partial charge is 0.283 e. The van der Waals surface area contributed by atoms with Crippen molar-refractivity contribution < 1.29 is 4.92 Å². The molecule has 0 unspecified atom stereocenters. The zero-order valence-corrected chi connectivity index (χ0v) is 14.2. The standard InChI is InChI=1S/C17H15ClN4O3/c1-20(10-13-8-14(22(24)25)6-7-16(13)18)11-21-17(23)15-5-3-2-4-12(15)9-19-21/h2-9H,10-11H2,1H3. The molecule has 0 aliphatic carbocycles. The number of non-ortho nitro benzene ring substituents is 1. The third-order valence-electron chi connectivity index (χ3n) is 3.82. The number of benzene rings is 2. The number of hydrogen-bond acceptors (Lipinski definition) is 5. The summed E-state index contributed by atoms with van der Waals surface area (Å²) in [7, 11) is 1.79. The Balaban J connectivity index is 1.83. The van der Waals surface area contributed by atoms with E-state index in [1.54, 1.807) is 25.4 Å². The highest BCUT2D eigenvalue weighted by molar-refractivity contribution is 6.31. The molecule has 0 aliphatic rings. The second kappa shape index (κ2) is 7.00. The summed E-state index contributed by atoms with van der Waals surface area (Å²) in [6.45, 7) is 0.587. The zero-order valence-electron chi connectivity index (χ0n) is 13.4. The third-order valence-corrected chi connectivity index (χ3v) is 4.19. The number of nitro groups is 1. The summed E-state index contributed by atoms with van der Waals surface area (Å²) in [5.74, 6) is 0. The molecular formula is C17H15ClN4O3. The highest BCUT2D eigenvalue weighted by Crippen LogP contribution is 2.23. The van der Waals surface area contributed by atoms with Crippen LogP contribution in [0.5, 0.6) is 0 Å². The fourth-order valence-electron chi connectivity index (χ4n) is 2.59. The first-order valence-corrected chi connectivity index (χ1v) is 7.90. The van der Waals surface area contributed by atoms with E-state index >= 15 is 0 Å². The number of aromatic nitrogens is 2. The van der Waals surface area contributed by atoms with Crippen molar-refractivity contribution in [2.45, 2.75) is 13.2 Å². The maximum Gasteiger partial charge on any atom is 0.275 e. The number of hydrogen-bond donors (Lipinski definition) is 0. The summed E-state index contributed by atoms with van der Waals surface area (Å²) in [5, 5.41) is 16.9. The topological polar surface area (TPSA) is 81.3 Å². The predicted octanol–water partition coefficient (Wildman–Crippen LogP) is 3.05. The summed E-state index contributed by atoms with van der Waals surface area (Å²) >= 11 is 6.12. The monoisotopic (exact) mass is 358 g/mol. The molecule has 0 spiro atoms. The first kappa shape index (κ1) is 17.1. The molecule has 1 heterocycles. The van der Waals surface area contributed by atoms with Crippen molar-refractivity contribution in [2.75, 3.05) is 7.05 Å². The van der Waals surface area contributed by atoms with Crippen molar-refractivity contribution in [3.8, 4) is 0 Å². The molecule has 128 valence electrons. The number of fused-ring (bicyclic) bond motifs is 1. The maximum absolute atomic E-state index is 12.5. The summed E-state index contributed by atoms with van der Waals surface area (Å²) in [5.41, 5.74) is 0.413. The zero-order chi connectivity index (χ0) is 18.0. The molecular weight excluding hydrogens is 344 g/mol. The van der Waals surface area contributed by atoms with Gasteiger partial charge in [0.2, 0.25) is 0 Å². The van der Waals surface area contributed by atoms with Crippen LogP contribution in [0.2, 0.25) is 5.02 Å². The van der Waals surface area contributed by atoms with Gasteiger partial charge in [-0.2, -0.15) is 5.10 Å². The Morgan fingerprint density at radius 3 is 2.80 bits per heavy atom. The highest BCUT2D eigenvalue weighted by Gasteiger charge is 2.12. The average Bonchev–Trinajstić information content (AvgIpc) is 2.59. The van der Waals surface area contributed by atoms with Crippen LogP contribution in [0.15, 0.2) is 53.5 Å². The number of nitrogens with zero attached hydrogens (tertiary/aromatic N) is 4. The third kappa shape index (κ3) is 3.67. The van der Waals surface area contributed by atoms with E-state index in [1.165, 1.54) is 22.9 Å². The van der Waals surface area contributed by atoms with Crippen LogP contribution in [0.25, 0.3) is 10.8 Å². The lowest BCUT2D eigenvalue weighted by atomic mass is 10.2. The van der Waals surface area contributed by atoms with Crippen LogP contribution < -0.4 is 5.56 Å². The molecule has 0 amide bonds. The SMILES string of the molecule is CN(Cc1cc([N+](=O)[O-])ccc1Cl)Cn1ncc2ccccc2c1=O. The summed E-state index contributed by atoms with van der Waals surface area (Å²) in [4.78, 5) is 24.7. The van der Waals surface area contributed by atoms with Crippen LogP contribution in [0.4, 0.5) is 5.69 Å². The second-order valence-corrected chi connectivity index (χ2v) is 6.13. The molecule has 0 saturated carbocycles. The van der Waals surface area contributed by atoms with E-state index in [1.807, 2.05) is 17.0 Å². The van der Waals surface area contributed by atoms with Crippen LogP contribution >= 0.6 is 11.6 Å². The molecule has 0 fully saturated rings. The van der Waals surface area contributed by atoms with E-state index < -0.39 is 4.92 Å².